The van der Waals surface area contributed by atoms with Gasteiger partial charge in [0.2, 0.25) is 0 Å². The van der Waals surface area contributed by atoms with Crippen LogP contribution in [-0.4, -0.2) is 51.5 Å². The van der Waals surface area contributed by atoms with Crippen molar-refractivity contribution >= 4 is 17.6 Å². The van der Waals surface area contributed by atoms with Crippen LogP contribution in [0.4, 0.5) is 0 Å². The van der Waals surface area contributed by atoms with E-state index in [9.17, 15) is 0 Å². The second kappa shape index (κ2) is 12.1. The molecule has 1 aromatic rings. The molecule has 1 heterocycles. The van der Waals surface area contributed by atoms with Crippen molar-refractivity contribution in [2.75, 3.05) is 39.5 Å². The summed E-state index contributed by atoms with van der Waals surface area (Å²) in [6.45, 7) is 6.94. The minimum absolute atomic E-state index is 0.364. The molecule has 0 saturated carbocycles. The summed E-state index contributed by atoms with van der Waals surface area (Å²) in [5.74, 6) is 0.863. The lowest BCUT2D eigenvalue weighted by Gasteiger charge is -2.22. The lowest BCUT2D eigenvalue weighted by Crippen LogP contribution is -2.38. The minimum Gasteiger partial charge on any atom is -0.381 e. The molecule has 0 aliphatic carbocycles. The predicted octanol–water partition coefficient (Wildman–Crippen LogP) is 3.02. The Balaban J connectivity index is 1.62. The molecule has 2 N–H and O–H groups in total. The quantitative estimate of drug-likeness (QED) is 0.400. The first kappa shape index (κ1) is 20.0. The summed E-state index contributed by atoms with van der Waals surface area (Å²) in [5, 5.41) is 7.42. The number of nitrogens with zero attached hydrogens (tertiary/aromatic N) is 1. The highest BCUT2D eigenvalue weighted by molar-refractivity contribution is 6.30. The van der Waals surface area contributed by atoms with Crippen molar-refractivity contribution in [3.05, 3.63) is 34.9 Å². The van der Waals surface area contributed by atoms with Crippen LogP contribution in [0.25, 0.3) is 0 Å². The van der Waals surface area contributed by atoms with Crippen LogP contribution in [0.5, 0.6) is 0 Å². The first-order chi connectivity index (χ1) is 12.3. The SMILES string of the molecule is CCNC(=NCCCOC1CCOCC1)NCCc1ccc(Cl)cc1. The first-order valence-corrected chi connectivity index (χ1v) is 9.61. The van der Waals surface area contributed by atoms with E-state index in [4.69, 9.17) is 21.1 Å². The van der Waals surface area contributed by atoms with E-state index >= 15 is 0 Å². The molecule has 1 aliphatic rings. The largest absolute Gasteiger partial charge is 0.381 e. The van der Waals surface area contributed by atoms with Gasteiger partial charge in [-0.05, 0) is 50.3 Å². The molecular weight excluding hydrogens is 338 g/mol. The zero-order chi connectivity index (χ0) is 17.7. The Kier molecular flexibility index (Phi) is 9.70. The molecule has 0 unspecified atom stereocenters. The number of benzene rings is 1. The van der Waals surface area contributed by atoms with Gasteiger partial charge < -0.3 is 20.1 Å². The molecule has 25 heavy (non-hydrogen) atoms. The molecule has 140 valence electrons. The number of aliphatic imine (C=N–C) groups is 1. The molecule has 0 bridgehead atoms. The van der Waals surface area contributed by atoms with Gasteiger partial charge in [-0.15, -0.1) is 0 Å². The third kappa shape index (κ3) is 8.56. The Morgan fingerprint density at radius 2 is 2.00 bits per heavy atom. The van der Waals surface area contributed by atoms with E-state index in [2.05, 4.69) is 34.7 Å². The molecule has 6 heteroatoms. The normalized spacial score (nSPS) is 16.0. The minimum atomic E-state index is 0.364. The van der Waals surface area contributed by atoms with Crippen molar-refractivity contribution in [3.63, 3.8) is 0 Å². The maximum Gasteiger partial charge on any atom is 0.191 e. The van der Waals surface area contributed by atoms with E-state index in [-0.39, 0.29) is 0 Å². The highest BCUT2D eigenvalue weighted by Gasteiger charge is 2.13. The van der Waals surface area contributed by atoms with Gasteiger partial charge in [-0.1, -0.05) is 23.7 Å². The van der Waals surface area contributed by atoms with E-state index < -0.39 is 0 Å². The third-order valence-corrected chi connectivity index (χ3v) is 4.31. The molecule has 5 nitrogen and oxygen atoms in total. The monoisotopic (exact) mass is 367 g/mol. The van der Waals surface area contributed by atoms with Crippen molar-refractivity contribution in [2.45, 2.75) is 38.7 Å². The smallest absolute Gasteiger partial charge is 0.191 e. The van der Waals surface area contributed by atoms with Gasteiger partial charge in [0, 0.05) is 44.5 Å². The van der Waals surface area contributed by atoms with Gasteiger partial charge in [-0.2, -0.15) is 0 Å². The standard InChI is InChI=1S/C19H30ClN3O2/c1-2-21-19(23-12-8-16-4-6-17(20)7-5-16)22-11-3-13-25-18-9-14-24-15-10-18/h4-7,18H,2-3,8-15H2,1H3,(H2,21,22,23). The van der Waals surface area contributed by atoms with Crippen LogP contribution in [0.3, 0.4) is 0 Å². The first-order valence-electron chi connectivity index (χ1n) is 9.24. The van der Waals surface area contributed by atoms with Crippen molar-refractivity contribution < 1.29 is 9.47 Å². The van der Waals surface area contributed by atoms with Crippen molar-refractivity contribution in [1.29, 1.82) is 0 Å². The van der Waals surface area contributed by atoms with Crippen molar-refractivity contribution in [2.24, 2.45) is 4.99 Å². The van der Waals surface area contributed by atoms with Crippen LogP contribution >= 0.6 is 11.6 Å². The van der Waals surface area contributed by atoms with Gasteiger partial charge in [-0.25, -0.2) is 0 Å². The molecule has 0 spiro atoms. The Bertz CT molecular complexity index is 502. The van der Waals surface area contributed by atoms with Crippen LogP contribution in [0.15, 0.2) is 29.3 Å². The number of halogens is 1. The highest BCUT2D eigenvalue weighted by atomic mass is 35.5. The summed E-state index contributed by atoms with van der Waals surface area (Å²) >= 11 is 5.91. The fourth-order valence-electron chi connectivity index (χ4n) is 2.67. The lowest BCUT2D eigenvalue weighted by atomic mass is 10.1. The van der Waals surface area contributed by atoms with E-state index in [1.807, 2.05) is 12.1 Å². The Morgan fingerprint density at radius 3 is 2.72 bits per heavy atom. The Morgan fingerprint density at radius 1 is 1.24 bits per heavy atom. The number of guanidine groups is 1. The van der Waals surface area contributed by atoms with E-state index in [0.29, 0.717) is 6.10 Å². The van der Waals surface area contributed by atoms with E-state index in [1.54, 1.807) is 0 Å². The molecule has 2 rings (SSSR count). The van der Waals surface area contributed by atoms with Gasteiger partial charge in [0.25, 0.3) is 0 Å². The predicted molar refractivity (Wildman–Crippen MR) is 104 cm³/mol. The average molecular weight is 368 g/mol. The van der Waals surface area contributed by atoms with Gasteiger partial charge in [0.15, 0.2) is 5.96 Å². The van der Waals surface area contributed by atoms with Crippen molar-refractivity contribution in [3.8, 4) is 0 Å². The molecule has 0 amide bonds. The molecule has 0 radical (unpaired) electrons. The maximum absolute atomic E-state index is 5.91. The zero-order valence-electron chi connectivity index (χ0n) is 15.1. The Labute approximate surface area is 156 Å². The molecule has 1 fully saturated rings. The number of ether oxygens (including phenoxy) is 2. The second-order valence-corrected chi connectivity index (χ2v) is 6.54. The summed E-state index contributed by atoms with van der Waals surface area (Å²) < 4.78 is 11.2. The molecular formula is C19H30ClN3O2. The summed E-state index contributed by atoms with van der Waals surface area (Å²) in [6, 6.07) is 7.96. The fourth-order valence-corrected chi connectivity index (χ4v) is 2.79. The van der Waals surface area contributed by atoms with Gasteiger partial charge in [-0.3, -0.25) is 4.99 Å². The number of rotatable bonds is 9. The summed E-state index contributed by atoms with van der Waals surface area (Å²) in [4.78, 5) is 4.61. The highest BCUT2D eigenvalue weighted by Crippen LogP contribution is 2.11. The number of hydrogen-bond donors (Lipinski definition) is 2. The van der Waals surface area contributed by atoms with E-state index in [1.165, 1.54) is 5.56 Å². The van der Waals surface area contributed by atoms with Crippen molar-refractivity contribution in [1.82, 2.24) is 10.6 Å². The summed E-state index contributed by atoms with van der Waals surface area (Å²) in [6.07, 6.45) is 4.26. The second-order valence-electron chi connectivity index (χ2n) is 6.10. The number of hydrogen-bond acceptors (Lipinski definition) is 3. The number of nitrogens with one attached hydrogen (secondary N) is 2. The van der Waals surface area contributed by atoms with Crippen LogP contribution in [-0.2, 0) is 15.9 Å². The molecule has 1 saturated heterocycles. The zero-order valence-corrected chi connectivity index (χ0v) is 15.9. The topological polar surface area (TPSA) is 54.9 Å². The van der Waals surface area contributed by atoms with Gasteiger partial charge in [0.1, 0.15) is 0 Å². The fraction of sp³-hybridized carbons (Fsp3) is 0.632. The third-order valence-electron chi connectivity index (χ3n) is 4.06. The average Bonchev–Trinajstić information content (AvgIpc) is 2.64. The van der Waals surface area contributed by atoms with E-state index in [0.717, 1.165) is 76.1 Å². The summed E-state index contributed by atoms with van der Waals surface area (Å²) in [5.41, 5.74) is 1.26. The lowest BCUT2D eigenvalue weighted by molar-refractivity contribution is -0.0318. The molecule has 0 aromatic heterocycles. The summed E-state index contributed by atoms with van der Waals surface area (Å²) in [7, 11) is 0. The molecule has 0 atom stereocenters. The van der Waals surface area contributed by atoms with Crippen LogP contribution in [0.1, 0.15) is 31.7 Å². The molecule has 1 aliphatic heterocycles. The van der Waals surface area contributed by atoms with Crippen LogP contribution in [0.2, 0.25) is 5.02 Å². The Hall–Kier alpha value is -1.30. The molecule has 1 aromatic carbocycles. The van der Waals surface area contributed by atoms with Crippen LogP contribution in [0, 0.1) is 0 Å². The van der Waals surface area contributed by atoms with Gasteiger partial charge >= 0.3 is 0 Å². The maximum atomic E-state index is 5.91. The van der Waals surface area contributed by atoms with Crippen LogP contribution < -0.4 is 10.6 Å². The van der Waals surface area contributed by atoms with Gasteiger partial charge in [0.05, 0.1) is 6.10 Å².